The van der Waals surface area contributed by atoms with E-state index in [0.29, 0.717) is 0 Å². The van der Waals surface area contributed by atoms with Gasteiger partial charge in [-0.2, -0.15) is 0 Å². The number of rotatable bonds is 3. The molecular weight excluding hydrogens is 202 g/mol. The van der Waals surface area contributed by atoms with Crippen LogP contribution >= 0.6 is 0 Å². The molecular formula is C8H9N3O4. The summed E-state index contributed by atoms with van der Waals surface area (Å²) in [4.78, 5) is 24.4. The van der Waals surface area contributed by atoms with Crippen LogP contribution in [0.4, 0.5) is 16.3 Å². The van der Waals surface area contributed by atoms with Gasteiger partial charge < -0.3 is 14.9 Å². The van der Waals surface area contributed by atoms with Crippen LogP contribution in [0.5, 0.6) is 0 Å². The zero-order valence-electron chi connectivity index (χ0n) is 7.97. The summed E-state index contributed by atoms with van der Waals surface area (Å²) in [5.74, 6) is -0.412. The van der Waals surface area contributed by atoms with Crippen molar-refractivity contribution in [3.05, 3.63) is 28.4 Å². The topological polar surface area (TPSA) is 94.4 Å². The van der Waals surface area contributed by atoms with Gasteiger partial charge in [0, 0.05) is 0 Å². The standard InChI is InChI=1S/C8H9N3O4/c1-2-15-8(12)10-6-4-3-5-9-7(6)11(13)14/h3-5H,2H2,1H3,(H,10,12). The molecule has 1 amide bonds. The summed E-state index contributed by atoms with van der Waals surface area (Å²) in [6.45, 7) is 1.83. The normalized spacial score (nSPS) is 9.40. The maximum absolute atomic E-state index is 11.0. The molecule has 0 unspecified atom stereocenters. The summed E-state index contributed by atoms with van der Waals surface area (Å²) in [7, 11) is 0. The van der Waals surface area contributed by atoms with E-state index in [2.05, 4.69) is 15.0 Å². The summed E-state index contributed by atoms with van der Waals surface area (Å²) in [5.41, 5.74) is 0.0148. The second-order valence-corrected chi connectivity index (χ2v) is 2.48. The molecule has 0 saturated carbocycles. The summed E-state index contributed by atoms with van der Waals surface area (Å²) in [5, 5.41) is 12.7. The van der Waals surface area contributed by atoms with Gasteiger partial charge in [-0.25, -0.2) is 4.79 Å². The van der Waals surface area contributed by atoms with Crippen LogP contribution in [0.1, 0.15) is 6.92 Å². The van der Waals surface area contributed by atoms with Crippen molar-refractivity contribution in [2.75, 3.05) is 11.9 Å². The first-order chi connectivity index (χ1) is 7.15. The lowest BCUT2D eigenvalue weighted by atomic mass is 10.4. The highest BCUT2D eigenvalue weighted by Crippen LogP contribution is 2.19. The molecule has 1 aromatic rings. The van der Waals surface area contributed by atoms with Crippen LogP contribution in [0.15, 0.2) is 18.3 Å². The number of nitro groups is 1. The van der Waals surface area contributed by atoms with E-state index < -0.39 is 16.8 Å². The second-order valence-electron chi connectivity index (χ2n) is 2.48. The van der Waals surface area contributed by atoms with Crippen molar-refractivity contribution in [3.63, 3.8) is 0 Å². The number of aromatic nitrogens is 1. The van der Waals surface area contributed by atoms with Gasteiger partial charge in [-0.1, -0.05) is 0 Å². The Morgan fingerprint density at radius 2 is 2.47 bits per heavy atom. The lowest BCUT2D eigenvalue weighted by Gasteiger charge is -2.04. The first-order valence-electron chi connectivity index (χ1n) is 4.18. The highest BCUT2D eigenvalue weighted by Gasteiger charge is 2.16. The average molecular weight is 211 g/mol. The number of ether oxygens (including phenoxy) is 1. The number of anilines is 1. The van der Waals surface area contributed by atoms with Gasteiger partial charge in [0.1, 0.15) is 11.9 Å². The minimum atomic E-state index is -0.742. The third-order valence-electron chi connectivity index (χ3n) is 1.47. The van der Waals surface area contributed by atoms with E-state index in [4.69, 9.17) is 0 Å². The van der Waals surface area contributed by atoms with Crippen LogP contribution < -0.4 is 5.32 Å². The van der Waals surface area contributed by atoms with Gasteiger partial charge in [0.05, 0.1) is 6.61 Å². The molecule has 15 heavy (non-hydrogen) atoms. The molecule has 7 nitrogen and oxygen atoms in total. The smallest absolute Gasteiger partial charge is 0.411 e. The molecule has 0 aliphatic heterocycles. The number of carbonyl (C=O) groups excluding carboxylic acids is 1. The lowest BCUT2D eigenvalue weighted by Crippen LogP contribution is -2.14. The van der Waals surface area contributed by atoms with Gasteiger partial charge in [-0.3, -0.25) is 5.32 Å². The van der Waals surface area contributed by atoms with Gasteiger partial charge in [-0.15, -0.1) is 0 Å². The number of hydrogen-bond acceptors (Lipinski definition) is 5. The number of pyridine rings is 1. The van der Waals surface area contributed by atoms with E-state index >= 15 is 0 Å². The van der Waals surface area contributed by atoms with Gasteiger partial charge in [-0.05, 0) is 29.0 Å². The van der Waals surface area contributed by atoms with Crippen LogP contribution in [0.3, 0.4) is 0 Å². The fourth-order valence-electron chi connectivity index (χ4n) is 0.917. The fraction of sp³-hybridized carbons (Fsp3) is 0.250. The van der Waals surface area contributed by atoms with Crippen molar-refractivity contribution in [1.29, 1.82) is 0 Å². The molecule has 1 heterocycles. The SMILES string of the molecule is CCOC(=O)Nc1cccnc1[N+](=O)[O-]. The van der Waals surface area contributed by atoms with E-state index in [1.165, 1.54) is 18.3 Å². The van der Waals surface area contributed by atoms with E-state index in [0.717, 1.165) is 0 Å². The van der Waals surface area contributed by atoms with Gasteiger partial charge in [0.25, 0.3) is 0 Å². The van der Waals surface area contributed by atoms with Gasteiger partial charge >= 0.3 is 11.9 Å². The highest BCUT2D eigenvalue weighted by atomic mass is 16.6. The number of nitrogens with one attached hydrogen (secondary N) is 1. The summed E-state index contributed by atoms with van der Waals surface area (Å²) in [6.07, 6.45) is 0.530. The summed E-state index contributed by atoms with van der Waals surface area (Å²) in [6, 6.07) is 2.86. The van der Waals surface area contributed by atoms with E-state index in [1.54, 1.807) is 6.92 Å². The molecule has 0 aromatic carbocycles. The number of hydrogen-bond donors (Lipinski definition) is 1. The minimum absolute atomic E-state index is 0.0148. The summed E-state index contributed by atoms with van der Waals surface area (Å²) < 4.78 is 4.58. The zero-order valence-corrected chi connectivity index (χ0v) is 7.97. The third-order valence-corrected chi connectivity index (χ3v) is 1.47. The molecule has 1 rings (SSSR count). The molecule has 0 saturated heterocycles. The Hall–Kier alpha value is -2.18. The van der Waals surface area contributed by atoms with Crippen molar-refractivity contribution in [2.24, 2.45) is 0 Å². The molecule has 0 spiro atoms. The van der Waals surface area contributed by atoms with Crippen molar-refractivity contribution in [2.45, 2.75) is 6.92 Å². The minimum Gasteiger partial charge on any atom is -0.450 e. The number of amides is 1. The van der Waals surface area contributed by atoms with Crippen molar-refractivity contribution < 1.29 is 14.5 Å². The summed E-state index contributed by atoms with van der Waals surface area (Å²) >= 11 is 0. The van der Waals surface area contributed by atoms with Gasteiger partial charge in [0.15, 0.2) is 0 Å². The van der Waals surface area contributed by atoms with Crippen molar-refractivity contribution in [1.82, 2.24) is 4.98 Å². The van der Waals surface area contributed by atoms with Crippen LogP contribution in [-0.4, -0.2) is 22.6 Å². The van der Waals surface area contributed by atoms with E-state index in [1.807, 2.05) is 0 Å². The molecule has 1 aromatic heterocycles. The Labute approximate surface area is 85.2 Å². The monoisotopic (exact) mass is 211 g/mol. The van der Waals surface area contributed by atoms with Crippen molar-refractivity contribution >= 4 is 17.6 Å². The molecule has 0 radical (unpaired) electrons. The Bertz CT molecular complexity index is 380. The number of nitrogens with zero attached hydrogens (tertiary/aromatic N) is 2. The van der Waals surface area contributed by atoms with Gasteiger partial charge in [0.2, 0.25) is 0 Å². The number of carbonyl (C=O) groups is 1. The Balaban J connectivity index is 2.84. The maximum atomic E-state index is 11.0. The Kier molecular flexibility index (Phi) is 3.55. The van der Waals surface area contributed by atoms with E-state index in [-0.39, 0.29) is 12.3 Å². The fourth-order valence-corrected chi connectivity index (χ4v) is 0.917. The van der Waals surface area contributed by atoms with Crippen LogP contribution in [-0.2, 0) is 4.74 Å². The molecule has 1 N–H and O–H groups in total. The zero-order chi connectivity index (χ0) is 11.3. The van der Waals surface area contributed by atoms with E-state index in [9.17, 15) is 14.9 Å². The largest absolute Gasteiger partial charge is 0.450 e. The molecule has 0 aliphatic rings. The third kappa shape index (κ3) is 2.90. The molecule has 0 aliphatic carbocycles. The highest BCUT2D eigenvalue weighted by molar-refractivity contribution is 5.86. The molecule has 0 bridgehead atoms. The predicted octanol–water partition coefficient (Wildman–Crippen LogP) is 1.56. The average Bonchev–Trinajstić information content (AvgIpc) is 2.18. The molecule has 80 valence electrons. The molecule has 0 atom stereocenters. The lowest BCUT2D eigenvalue weighted by molar-refractivity contribution is -0.388. The predicted molar refractivity (Wildman–Crippen MR) is 51.5 cm³/mol. The van der Waals surface area contributed by atoms with Crippen molar-refractivity contribution in [3.8, 4) is 0 Å². The maximum Gasteiger partial charge on any atom is 0.411 e. The quantitative estimate of drug-likeness (QED) is 0.604. The van der Waals surface area contributed by atoms with Crippen LogP contribution in [0, 0.1) is 10.1 Å². The first kappa shape index (κ1) is 10.9. The Morgan fingerprint density at radius 3 is 3.07 bits per heavy atom. The van der Waals surface area contributed by atoms with Crippen LogP contribution in [0.25, 0.3) is 0 Å². The molecule has 0 fully saturated rings. The Morgan fingerprint density at radius 1 is 1.73 bits per heavy atom. The van der Waals surface area contributed by atoms with Crippen LogP contribution in [0.2, 0.25) is 0 Å². The second kappa shape index (κ2) is 4.89. The first-order valence-corrected chi connectivity index (χ1v) is 4.18. The molecule has 7 heteroatoms.